The highest BCUT2D eigenvalue weighted by atomic mass is 19.1. The number of benzene rings is 2. The van der Waals surface area contributed by atoms with E-state index in [9.17, 15) is 18.8 Å². The summed E-state index contributed by atoms with van der Waals surface area (Å²) in [6.07, 6.45) is 8.11. The van der Waals surface area contributed by atoms with Crippen molar-refractivity contribution in [2.24, 2.45) is 0 Å². The number of nitrogens with zero attached hydrogens (tertiary/aromatic N) is 3. The Balaban J connectivity index is 0.000000256. The molecule has 192 valence electrons. The first-order valence-corrected chi connectivity index (χ1v) is 12.9. The van der Waals surface area contributed by atoms with Gasteiger partial charge in [0.25, 0.3) is 5.91 Å². The monoisotopic (exact) mass is 495 g/mol. The maximum Gasteiger partial charge on any atom is 0.409 e. The second kappa shape index (κ2) is 12.0. The molecule has 0 unspecified atom stereocenters. The summed E-state index contributed by atoms with van der Waals surface area (Å²) in [6.45, 7) is 4.06. The average Bonchev–Trinajstić information content (AvgIpc) is 3.53. The van der Waals surface area contributed by atoms with Crippen molar-refractivity contribution in [1.82, 2.24) is 4.90 Å². The molecule has 1 aliphatic carbocycles. The molecule has 7 nitrogen and oxygen atoms in total. The molecule has 0 radical (unpaired) electrons. The van der Waals surface area contributed by atoms with Gasteiger partial charge in [-0.2, -0.15) is 0 Å². The summed E-state index contributed by atoms with van der Waals surface area (Å²) in [4.78, 5) is 41.1. The summed E-state index contributed by atoms with van der Waals surface area (Å²) < 4.78 is 18.5. The molecule has 0 spiro atoms. The third kappa shape index (κ3) is 5.53. The Labute approximate surface area is 211 Å². The van der Waals surface area contributed by atoms with Crippen LogP contribution in [0.2, 0.25) is 0 Å². The molecular formula is C28H34FN3O4. The van der Waals surface area contributed by atoms with E-state index >= 15 is 0 Å². The lowest BCUT2D eigenvalue weighted by atomic mass is 9.94. The SMILES string of the molecule is CCOC(=O)N1CCCC1.O=CN(c1cccc(F)c1)[C@@H]1C(=O)N(C2CCCCC2)c2ccccc21. The first-order valence-electron chi connectivity index (χ1n) is 12.9. The Morgan fingerprint density at radius 2 is 1.78 bits per heavy atom. The van der Waals surface area contributed by atoms with E-state index in [-0.39, 0.29) is 18.0 Å². The molecule has 3 amide bonds. The van der Waals surface area contributed by atoms with Crippen LogP contribution < -0.4 is 9.80 Å². The van der Waals surface area contributed by atoms with Crippen LogP contribution in [0, 0.1) is 5.82 Å². The summed E-state index contributed by atoms with van der Waals surface area (Å²) in [5.74, 6) is -0.535. The molecular weight excluding hydrogens is 461 g/mol. The van der Waals surface area contributed by atoms with Crippen LogP contribution in [0.5, 0.6) is 0 Å². The fraction of sp³-hybridized carbons (Fsp3) is 0.464. The van der Waals surface area contributed by atoms with E-state index in [1.165, 1.54) is 23.5 Å². The maximum atomic E-state index is 13.7. The predicted molar refractivity (Wildman–Crippen MR) is 136 cm³/mol. The van der Waals surface area contributed by atoms with Crippen LogP contribution in [-0.2, 0) is 14.3 Å². The van der Waals surface area contributed by atoms with Crippen molar-refractivity contribution >= 4 is 29.8 Å². The van der Waals surface area contributed by atoms with E-state index in [2.05, 4.69) is 0 Å². The molecule has 5 rings (SSSR count). The number of hydrogen-bond donors (Lipinski definition) is 0. The van der Waals surface area contributed by atoms with Crippen LogP contribution in [0.3, 0.4) is 0 Å². The van der Waals surface area contributed by atoms with Gasteiger partial charge < -0.3 is 14.5 Å². The van der Waals surface area contributed by atoms with Crippen molar-refractivity contribution < 1.29 is 23.5 Å². The standard InChI is InChI=1S/C21H21FN2O2.C7H13NO2/c22-15-7-6-10-17(13-15)23(14-25)20-18-11-4-5-12-19(18)24(21(20)26)16-8-2-1-3-9-16;1-2-10-7(9)8-5-3-4-6-8/h4-7,10-14,16,20H,1-3,8-9H2;2-6H2,1H3/t20-;/m0./s1. The number of para-hydroxylation sites is 1. The topological polar surface area (TPSA) is 70.2 Å². The summed E-state index contributed by atoms with van der Waals surface area (Å²) >= 11 is 0. The smallest absolute Gasteiger partial charge is 0.409 e. The number of amides is 3. The van der Waals surface area contributed by atoms with E-state index in [0.717, 1.165) is 62.9 Å². The fourth-order valence-corrected chi connectivity index (χ4v) is 5.33. The number of hydrogen-bond acceptors (Lipinski definition) is 4. The highest BCUT2D eigenvalue weighted by Gasteiger charge is 2.44. The van der Waals surface area contributed by atoms with E-state index in [1.54, 1.807) is 17.0 Å². The molecule has 0 N–H and O–H groups in total. The van der Waals surface area contributed by atoms with Gasteiger partial charge in [-0.3, -0.25) is 14.5 Å². The third-order valence-corrected chi connectivity index (χ3v) is 7.03. The molecule has 8 heteroatoms. The first kappa shape index (κ1) is 25.7. The number of fused-ring (bicyclic) bond motifs is 1. The van der Waals surface area contributed by atoms with Crippen molar-refractivity contribution in [2.45, 2.75) is 64.0 Å². The largest absolute Gasteiger partial charge is 0.450 e. The van der Waals surface area contributed by atoms with E-state index in [1.807, 2.05) is 36.1 Å². The lowest BCUT2D eigenvalue weighted by Crippen LogP contribution is -2.43. The number of rotatable bonds is 5. The molecule has 36 heavy (non-hydrogen) atoms. The second-order valence-electron chi connectivity index (χ2n) is 9.35. The molecule has 2 aromatic carbocycles. The molecule has 3 aliphatic rings. The van der Waals surface area contributed by atoms with Crippen molar-refractivity contribution in [2.75, 3.05) is 29.5 Å². The minimum absolute atomic E-state index is 0.102. The van der Waals surface area contributed by atoms with Gasteiger partial charge >= 0.3 is 6.09 Å². The van der Waals surface area contributed by atoms with Gasteiger partial charge in [-0.25, -0.2) is 9.18 Å². The number of carbonyl (C=O) groups excluding carboxylic acids is 3. The van der Waals surface area contributed by atoms with Gasteiger partial charge in [0.15, 0.2) is 0 Å². The average molecular weight is 496 g/mol. The summed E-state index contributed by atoms with van der Waals surface area (Å²) in [6, 6.07) is 12.8. The normalized spacial score (nSPS) is 19.4. The first-order chi connectivity index (χ1) is 17.5. The van der Waals surface area contributed by atoms with Crippen LogP contribution in [0.4, 0.5) is 20.6 Å². The number of likely N-dealkylation sites (tertiary alicyclic amines) is 1. The zero-order valence-corrected chi connectivity index (χ0v) is 20.8. The highest BCUT2D eigenvalue weighted by Crippen LogP contribution is 2.43. The number of ether oxygens (including phenoxy) is 1. The van der Waals surface area contributed by atoms with Gasteiger partial charge in [-0.15, -0.1) is 0 Å². The van der Waals surface area contributed by atoms with Crippen molar-refractivity contribution in [3.63, 3.8) is 0 Å². The van der Waals surface area contributed by atoms with Crippen LogP contribution in [-0.4, -0.2) is 49.0 Å². The summed E-state index contributed by atoms with van der Waals surface area (Å²) in [5.41, 5.74) is 2.07. The quantitative estimate of drug-likeness (QED) is 0.518. The van der Waals surface area contributed by atoms with Gasteiger partial charge in [0.1, 0.15) is 11.9 Å². The fourth-order valence-electron chi connectivity index (χ4n) is 5.33. The summed E-state index contributed by atoms with van der Waals surface area (Å²) in [5, 5.41) is 0. The number of anilines is 2. The van der Waals surface area contributed by atoms with E-state index < -0.39 is 11.9 Å². The van der Waals surface area contributed by atoms with Crippen LogP contribution in [0.25, 0.3) is 0 Å². The number of carbonyl (C=O) groups is 3. The van der Waals surface area contributed by atoms with Gasteiger partial charge in [-0.05, 0) is 56.9 Å². The molecule has 1 atom stereocenters. The lowest BCUT2D eigenvalue weighted by molar-refractivity contribution is -0.121. The lowest BCUT2D eigenvalue weighted by Gasteiger charge is -2.32. The highest BCUT2D eigenvalue weighted by molar-refractivity contribution is 6.09. The van der Waals surface area contributed by atoms with Crippen molar-refractivity contribution in [3.8, 4) is 0 Å². The molecule has 2 heterocycles. The predicted octanol–water partition coefficient (Wildman–Crippen LogP) is 5.45. The maximum absolute atomic E-state index is 13.7. The molecule has 1 saturated carbocycles. The van der Waals surface area contributed by atoms with Gasteiger partial charge in [0.2, 0.25) is 6.41 Å². The Bertz CT molecular complexity index is 1070. The minimum atomic E-state index is -0.743. The van der Waals surface area contributed by atoms with Crippen molar-refractivity contribution in [3.05, 3.63) is 59.9 Å². The zero-order chi connectivity index (χ0) is 25.5. The number of halogens is 1. The Morgan fingerprint density at radius 3 is 2.44 bits per heavy atom. The Morgan fingerprint density at radius 1 is 1.06 bits per heavy atom. The minimum Gasteiger partial charge on any atom is -0.450 e. The Hall–Kier alpha value is -3.42. The molecule has 0 aromatic heterocycles. The molecule has 1 saturated heterocycles. The van der Waals surface area contributed by atoms with Crippen LogP contribution >= 0.6 is 0 Å². The molecule has 2 aliphatic heterocycles. The van der Waals surface area contributed by atoms with Gasteiger partial charge in [0, 0.05) is 36.1 Å². The molecule has 2 aromatic rings. The zero-order valence-electron chi connectivity index (χ0n) is 20.8. The molecule has 2 fully saturated rings. The van der Waals surface area contributed by atoms with Crippen LogP contribution in [0.15, 0.2) is 48.5 Å². The summed E-state index contributed by atoms with van der Waals surface area (Å²) in [7, 11) is 0. The Kier molecular flexibility index (Phi) is 8.57. The van der Waals surface area contributed by atoms with Crippen molar-refractivity contribution in [1.29, 1.82) is 0 Å². The van der Waals surface area contributed by atoms with Gasteiger partial charge in [0.05, 0.1) is 6.61 Å². The van der Waals surface area contributed by atoms with E-state index in [4.69, 9.17) is 4.74 Å². The third-order valence-electron chi connectivity index (χ3n) is 7.03. The van der Waals surface area contributed by atoms with E-state index in [0.29, 0.717) is 18.7 Å². The second-order valence-corrected chi connectivity index (χ2v) is 9.35. The molecule has 0 bridgehead atoms. The van der Waals surface area contributed by atoms with Crippen LogP contribution in [0.1, 0.15) is 63.5 Å². The van der Waals surface area contributed by atoms with Gasteiger partial charge in [-0.1, -0.05) is 43.5 Å².